The molecule has 1 heterocycles. The SMILES string of the molecule is CCCCN(CCC(=O)N1CCN(Cc2ccccc2)CC1)S(=O)(=O)c1ccc([N+](=O)[O-])cc1. The monoisotopic (exact) mass is 488 g/mol. The number of sulfonamides is 1. The number of unbranched alkanes of at least 4 members (excludes halogenated alkanes) is 1. The highest BCUT2D eigenvalue weighted by atomic mass is 32.2. The van der Waals surface area contributed by atoms with Gasteiger partial charge in [-0.25, -0.2) is 8.42 Å². The molecule has 0 saturated carbocycles. The average Bonchev–Trinajstić information content (AvgIpc) is 2.85. The lowest BCUT2D eigenvalue weighted by Gasteiger charge is -2.35. The summed E-state index contributed by atoms with van der Waals surface area (Å²) in [5.41, 5.74) is 1.07. The Balaban J connectivity index is 1.57. The zero-order valence-corrected chi connectivity index (χ0v) is 20.3. The van der Waals surface area contributed by atoms with E-state index in [-0.39, 0.29) is 29.5 Å². The molecule has 34 heavy (non-hydrogen) atoms. The number of amides is 1. The van der Waals surface area contributed by atoms with Crippen molar-refractivity contribution in [2.24, 2.45) is 0 Å². The van der Waals surface area contributed by atoms with E-state index in [9.17, 15) is 23.3 Å². The van der Waals surface area contributed by atoms with E-state index < -0.39 is 14.9 Å². The topological polar surface area (TPSA) is 104 Å². The Bertz CT molecular complexity index is 1050. The minimum atomic E-state index is -3.85. The van der Waals surface area contributed by atoms with Gasteiger partial charge in [-0.3, -0.25) is 19.8 Å². The Hall–Kier alpha value is -2.82. The third-order valence-electron chi connectivity index (χ3n) is 6.00. The Morgan fingerprint density at radius 3 is 2.24 bits per heavy atom. The van der Waals surface area contributed by atoms with Crippen molar-refractivity contribution in [2.45, 2.75) is 37.6 Å². The van der Waals surface area contributed by atoms with Crippen molar-refractivity contribution in [3.05, 3.63) is 70.3 Å². The van der Waals surface area contributed by atoms with Gasteiger partial charge in [0.05, 0.1) is 9.82 Å². The highest BCUT2D eigenvalue weighted by molar-refractivity contribution is 7.89. The number of hydrogen-bond donors (Lipinski definition) is 0. The van der Waals surface area contributed by atoms with Gasteiger partial charge >= 0.3 is 0 Å². The van der Waals surface area contributed by atoms with Crippen LogP contribution in [-0.2, 0) is 21.4 Å². The summed E-state index contributed by atoms with van der Waals surface area (Å²) in [7, 11) is -3.85. The number of benzene rings is 2. The van der Waals surface area contributed by atoms with E-state index in [2.05, 4.69) is 17.0 Å². The molecule has 1 aliphatic rings. The first-order valence-corrected chi connectivity index (χ1v) is 13.0. The van der Waals surface area contributed by atoms with Crippen LogP contribution in [0.15, 0.2) is 59.5 Å². The molecule has 1 fully saturated rings. The average molecular weight is 489 g/mol. The smallest absolute Gasteiger partial charge is 0.269 e. The maximum Gasteiger partial charge on any atom is 0.269 e. The molecule has 0 spiro atoms. The Labute approximate surface area is 201 Å². The number of rotatable bonds is 11. The number of carbonyl (C=O) groups is 1. The molecule has 1 aliphatic heterocycles. The lowest BCUT2D eigenvalue weighted by molar-refractivity contribution is -0.384. The molecule has 2 aromatic rings. The van der Waals surface area contributed by atoms with Gasteiger partial charge < -0.3 is 4.90 Å². The number of nitrogens with zero attached hydrogens (tertiary/aromatic N) is 4. The molecule has 1 amide bonds. The number of piperazine rings is 1. The molecule has 0 unspecified atom stereocenters. The maximum absolute atomic E-state index is 13.1. The molecular formula is C24H32N4O5S. The molecule has 3 rings (SSSR count). The molecule has 0 aliphatic carbocycles. The van der Waals surface area contributed by atoms with E-state index in [1.165, 1.54) is 34.1 Å². The Kier molecular flexibility index (Phi) is 9.14. The van der Waals surface area contributed by atoms with Crippen LogP contribution < -0.4 is 0 Å². The second-order valence-corrected chi connectivity index (χ2v) is 10.3. The molecule has 0 bridgehead atoms. The maximum atomic E-state index is 13.1. The van der Waals surface area contributed by atoms with Gasteiger partial charge in [0, 0.05) is 64.4 Å². The van der Waals surface area contributed by atoms with Crippen molar-refractivity contribution < 1.29 is 18.1 Å². The third kappa shape index (κ3) is 6.85. The fourth-order valence-electron chi connectivity index (χ4n) is 3.95. The Morgan fingerprint density at radius 2 is 1.65 bits per heavy atom. The van der Waals surface area contributed by atoms with E-state index >= 15 is 0 Å². The highest BCUT2D eigenvalue weighted by Crippen LogP contribution is 2.21. The predicted molar refractivity (Wildman–Crippen MR) is 130 cm³/mol. The van der Waals surface area contributed by atoms with Crippen LogP contribution in [0.4, 0.5) is 5.69 Å². The summed E-state index contributed by atoms with van der Waals surface area (Å²) in [5.74, 6) is -0.0558. The van der Waals surface area contributed by atoms with Crippen LogP contribution >= 0.6 is 0 Å². The number of nitro benzene ring substituents is 1. The van der Waals surface area contributed by atoms with Crippen molar-refractivity contribution in [1.82, 2.24) is 14.1 Å². The first-order valence-electron chi connectivity index (χ1n) is 11.6. The van der Waals surface area contributed by atoms with Crippen molar-refractivity contribution >= 4 is 21.6 Å². The van der Waals surface area contributed by atoms with Gasteiger partial charge in [-0.15, -0.1) is 0 Å². The zero-order chi connectivity index (χ0) is 24.6. The summed E-state index contributed by atoms with van der Waals surface area (Å²) < 4.78 is 27.6. The van der Waals surface area contributed by atoms with E-state index in [0.29, 0.717) is 26.1 Å². The van der Waals surface area contributed by atoms with Crippen LogP contribution in [0.3, 0.4) is 0 Å². The Morgan fingerprint density at radius 1 is 1.00 bits per heavy atom. The highest BCUT2D eigenvalue weighted by Gasteiger charge is 2.27. The summed E-state index contributed by atoms with van der Waals surface area (Å²) in [6.07, 6.45) is 1.58. The zero-order valence-electron chi connectivity index (χ0n) is 19.5. The summed E-state index contributed by atoms with van der Waals surface area (Å²) in [5, 5.41) is 10.9. The summed E-state index contributed by atoms with van der Waals surface area (Å²) in [6.45, 7) is 6.00. The molecule has 2 aromatic carbocycles. The first kappa shape index (κ1) is 25.8. The van der Waals surface area contributed by atoms with Gasteiger partial charge in [-0.05, 0) is 24.1 Å². The first-order chi connectivity index (χ1) is 16.3. The lowest BCUT2D eigenvalue weighted by Crippen LogP contribution is -2.49. The summed E-state index contributed by atoms with van der Waals surface area (Å²) in [4.78, 5) is 27.3. The number of carbonyl (C=O) groups excluding carboxylic acids is 1. The largest absolute Gasteiger partial charge is 0.340 e. The van der Waals surface area contributed by atoms with Crippen LogP contribution in [0.2, 0.25) is 0 Å². The molecule has 0 N–H and O–H groups in total. The fraction of sp³-hybridized carbons (Fsp3) is 0.458. The molecule has 1 saturated heterocycles. The van der Waals surface area contributed by atoms with Crippen LogP contribution in [0, 0.1) is 10.1 Å². The minimum Gasteiger partial charge on any atom is -0.340 e. The quantitative estimate of drug-likeness (QED) is 0.356. The molecule has 0 atom stereocenters. The standard InChI is InChI=1S/C24H32N4O5S/c1-2-3-14-27(34(32,33)23-11-9-22(10-12-23)28(30)31)15-13-24(29)26-18-16-25(17-19-26)20-21-7-5-4-6-8-21/h4-12H,2-3,13-20H2,1H3. The summed E-state index contributed by atoms with van der Waals surface area (Å²) >= 11 is 0. The van der Waals surface area contributed by atoms with Gasteiger partial charge in [-0.1, -0.05) is 43.7 Å². The predicted octanol–water partition coefficient (Wildman–Crippen LogP) is 3.12. The molecule has 9 nitrogen and oxygen atoms in total. The summed E-state index contributed by atoms with van der Waals surface area (Å²) in [6, 6.07) is 15.1. The molecule has 0 aromatic heterocycles. The van der Waals surface area contributed by atoms with Crippen LogP contribution in [0.5, 0.6) is 0 Å². The molecule has 10 heteroatoms. The van der Waals surface area contributed by atoms with Gasteiger partial charge in [0.2, 0.25) is 15.9 Å². The minimum absolute atomic E-state index is 0.00354. The van der Waals surface area contributed by atoms with Crippen LogP contribution in [-0.4, -0.2) is 72.6 Å². The molecule has 0 radical (unpaired) electrons. The van der Waals surface area contributed by atoms with E-state index in [0.717, 1.165) is 26.1 Å². The van der Waals surface area contributed by atoms with Gasteiger partial charge in [0.15, 0.2) is 0 Å². The second-order valence-electron chi connectivity index (χ2n) is 8.40. The fourth-order valence-corrected chi connectivity index (χ4v) is 5.43. The van der Waals surface area contributed by atoms with E-state index in [1.54, 1.807) is 4.90 Å². The normalized spacial score (nSPS) is 14.9. The van der Waals surface area contributed by atoms with Gasteiger partial charge in [-0.2, -0.15) is 4.31 Å². The van der Waals surface area contributed by atoms with Crippen LogP contribution in [0.1, 0.15) is 31.7 Å². The number of nitro groups is 1. The van der Waals surface area contributed by atoms with Crippen molar-refractivity contribution in [2.75, 3.05) is 39.3 Å². The molecular weight excluding hydrogens is 456 g/mol. The van der Waals surface area contributed by atoms with E-state index in [1.807, 2.05) is 25.1 Å². The second kappa shape index (κ2) is 12.0. The van der Waals surface area contributed by atoms with Gasteiger partial charge in [0.25, 0.3) is 5.69 Å². The van der Waals surface area contributed by atoms with Crippen LogP contribution in [0.25, 0.3) is 0 Å². The third-order valence-corrected chi connectivity index (χ3v) is 7.91. The molecule has 184 valence electrons. The van der Waals surface area contributed by atoms with Crippen molar-refractivity contribution in [3.8, 4) is 0 Å². The van der Waals surface area contributed by atoms with Crippen molar-refractivity contribution in [3.63, 3.8) is 0 Å². The number of non-ortho nitro benzene ring substituents is 1. The number of hydrogen-bond acceptors (Lipinski definition) is 6. The van der Waals surface area contributed by atoms with E-state index in [4.69, 9.17) is 0 Å². The lowest BCUT2D eigenvalue weighted by atomic mass is 10.2. The van der Waals surface area contributed by atoms with Gasteiger partial charge in [0.1, 0.15) is 0 Å². The van der Waals surface area contributed by atoms with Crippen molar-refractivity contribution in [1.29, 1.82) is 0 Å².